The van der Waals surface area contributed by atoms with Crippen LogP contribution in [0, 0.1) is 11.6 Å². The van der Waals surface area contributed by atoms with E-state index in [0.29, 0.717) is 33.4 Å². The van der Waals surface area contributed by atoms with Crippen molar-refractivity contribution in [3.05, 3.63) is 108 Å². The van der Waals surface area contributed by atoms with Crippen molar-refractivity contribution in [2.24, 2.45) is 5.73 Å². The summed E-state index contributed by atoms with van der Waals surface area (Å²) < 4.78 is 30.0. The number of halogens is 2. The highest BCUT2D eigenvalue weighted by Crippen LogP contribution is 2.28. The molecule has 0 saturated heterocycles. The molecular weight excluding hydrogens is 504 g/mol. The Kier molecular flexibility index (Phi) is 6.96. The smallest absolute Gasteiger partial charge is 0.248 e. The number of nitrogen functional groups attached to an aromatic ring is 1. The first kappa shape index (κ1) is 25.5. The number of amides is 2. The lowest BCUT2D eigenvalue weighted by atomic mass is 9.95. The van der Waals surface area contributed by atoms with Crippen LogP contribution in [0.25, 0.3) is 22.2 Å². The van der Waals surface area contributed by atoms with Gasteiger partial charge in [0.2, 0.25) is 17.8 Å². The number of hydrogen-bond acceptors (Lipinski definition) is 6. The van der Waals surface area contributed by atoms with Gasteiger partial charge in [0.05, 0.1) is 11.7 Å². The molecule has 9 nitrogen and oxygen atoms in total. The van der Waals surface area contributed by atoms with Crippen molar-refractivity contribution in [2.75, 3.05) is 5.73 Å². The predicted octanol–water partition coefficient (Wildman–Crippen LogP) is 3.55. The van der Waals surface area contributed by atoms with Crippen molar-refractivity contribution < 1.29 is 18.4 Å². The van der Waals surface area contributed by atoms with Gasteiger partial charge >= 0.3 is 0 Å². The molecule has 3 aromatic heterocycles. The zero-order chi connectivity index (χ0) is 27.5. The first-order chi connectivity index (χ1) is 18.8. The zero-order valence-electron chi connectivity index (χ0n) is 20.5. The highest BCUT2D eigenvalue weighted by molar-refractivity contribution is 5.94. The number of nitrogens with one attached hydrogen (secondary N) is 1. The number of aromatic nitrogens is 4. The fourth-order valence-electron chi connectivity index (χ4n) is 4.43. The average Bonchev–Trinajstić information content (AvgIpc) is 3.29. The van der Waals surface area contributed by atoms with Crippen molar-refractivity contribution >= 4 is 28.8 Å². The number of nitrogens with two attached hydrogens (primary N) is 2. The van der Waals surface area contributed by atoms with E-state index in [4.69, 9.17) is 11.5 Å². The van der Waals surface area contributed by atoms with Crippen LogP contribution in [0.3, 0.4) is 0 Å². The third kappa shape index (κ3) is 5.72. The molecule has 196 valence electrons. The largest absolute Gasteiger partial charge is 0.368 e. The summed E-state index contributed by atoms with van der Waals surface area (Å²) in [5.41, 5.74) is 14.1. The first-order valence-electron chi connectivity index (χ1n) is 11.9. The second-order valence-electron chi connectivity index (χ2n) is 8.92. The summed E-state index contributed by atoms with van der Waals surface area (Å²) in [6, 6.07) is 14.3. The predicted molar refractivity (Wildman–Crippen MR) is 141 cm³/mol. The lowest BCUT2D eigenvalue weighted by molar-refractivity contribution is -0.122. The van der Waals surface area contributed by atoms with E-state index in [0.717, 1.165) is 6.07 Å². The van der Waals surface area contributed by atoms with Crippen LogP contribution in [0.2, 0.25) is 0 Å². The summed E-state index contributed by atoms with van der Waals surface area (Å²) in [5.74, 6) is -2.48. The molecule has 39 heavy (non-hydrogen) atoms. The van der Waals surface area contributed by atoms with Crippen LogP contribution < -0.4 is 16.8 Å². The summed E-state index contributed by atoms with van der Waals surface area (Å²) in [7, 11) is 0. The van der Waals surface area contributed by atoms with Crippen molar-refractivity contribution in [3.63, 3.8) is 0 Å². The van der Waals surface area contributed by atoms with Crippen molar-refractivity contribution in [3.8, 4) is 11.1 Å². The number of carbonyl (C=O) groups is 2. The van der Waals surface area contributed by atoms with Gasteiger partial charge in [0.25, 0.3) is 0 Å². The maximum Gasteiger partial charge on any atom is 0.248 e. The molecule has 2 aromatic carbocycles. The Morgan fingerprint density at radius 2 is 1.79 bits per heavy atom. The Bertz CT molecular complexity index is 1680. The van der Waals surface area contributed by atoms with E-state index in [9.17, 15) is 18.4 Å². The third-order valence-electron chi connectivity index (χ3n) is 6.20. The third-order valence-corrected chi connectivity index (χ3v) is 6.20. The van der Waals surface area contributed by atoms with Crippen LogP contribution in [-0.4, -0.2) is 31.3 Å². The Balaban J connectivity index is 1.48. The molecular formula is C28H23F2N7O2. The Morgan fingerprint density at radius 3 is 2.56 bits per heavy atom. The average molecular weight is 528 g/mol. The highest BCUT2D eigenvalue weighted by atomic mass is 19.1. The van der Waals surface area contributed by atoms with Gasteiger partial charge in [0.15, 0.2) is 0 Å². The van der Waals surface area contributed by atoms with Crippen LogP contribution in [0.1, 0.15) is 27.7 Å². The Labute approximate surface area is 221 Å². The molecule has 0 fully saturated rings. The van der Waals surface area contributed by atoms with Crippen molar-refractivity contribution in [2.45, 2.75) is 19.0 Å². The molecule has 5 N–H and O–H groups in total. The van der Waals surface area contributed by atoms with Gasteiger partial charge in [-0.3, -0.25) is 14.6 Å². The minimum absolute atomic E-state index is 0.0686. The van der Waals surface area contributed by atoms with Gasteiger partial charge in [-0.05, 0) is 47.5 Å². The Hall–Kier alpha value is -5.19. The molecule has 0 radical (unpaired) electrons. The maximum absolute atomic E-state index is 14.2. The van der Waals surface area contributed by atoms with Gasteiger partial charge in [-0.2, -0.15) is 4.98 Å². The number of carbonyl (C=O) groups excluding carboxylic acids is 2. The topological polar surface area (TPSA) is 142 Å². The van der Waals surface area contributed by atoms with E-state index in [-0.39, 0.29) is 24.5 Å². The summed E-state index contributed by atoms with van der Waals surface area (Å²) >= 11 is 0. The molecule has 11 heteroatoms. The second-order valence-corrected chi connectivity index (χ2v) is 8.92. The van der Waals surface area contributed by atoms with Crippen LogP contribution in [0.4, 0.5) is 14.7 Å². The number of anilines is 1. The molecule has 1 unspecified atom stereocenters. The molecule has 5 rings (SSSR count). The summed E-state index contributed by atoms with van der Waals surface area (Å²) in [5, 5.41) is 3.59. The lowest BCUT2D eigenvalue weighted by Gasteiger charge is -2.21. The number of hydrogen-bond donors (Lipinski definition) is 3. The second kappa shape index (κ2) is 10.7. The fourth-order valence-corrected chi connectivity index (χ4v) is 4.43. The molecule has 2 amide bonds. The van der Waals surface area contributed by atoms with E-state index >= 15 is 0 Å². The number of primary amides is 1. The fraction of sp³-hybridized carbons (Fsp3) is 0.107. The van der Waals surface area contributed by atoms with Crippen LogP contribution in [-0.2, 0) is 17.8 Å². The normalized spacial score (nSPS) is 11.8. The molecule has 5 aromatic rings. The van der Waals surface area contributed by atoms with E-state index in [2.05, 4.69) is 20.3 Å². The number of pyridine rings is 1. The quantitative estimate of drug-likeness (QED) is 0.282. The van der Waals surface area contributed by atoms with Gasteiger partial charge in [-0.25, -0.2) is 13.8 Å². The van der Waals surface area contributed by atoms with Crippen LogP contribution in [0.5, 0.6) is 0 Å². The van der Waals surface area contributed by atoms with Gasteiger partial charge < -0.3 is 21.4 Å². The first-order valence-corrected chi connectivity index (χ1v) is 11.9. The van der Waals surface area contributed by atoms with Crippen LogP contribution in [0.15, 0.2) is 79.3 Å². The van der Waals surface area contributed by atoms with E-state index in [1.165, 1.54) is 12.1 Å². The summed E-state index contributed by atoms with van der Waals surface area (Å²) in [4.78, 5) is 37.5. The monoisotopic (exact) mass is 527 g/mol. The van der Waals surface area contributed by atoms with Crippen molar-refractivity contribution in [1.82, 2.24) is 24.8 Å². The number of nitrogens with zero attached hydrogens (tertiary/aromatic N) is 4. The highest BCUT2D eigenvalue weighted by Gasteiger charge is 2.21. The molecule has 0 spiro atoms. The summed E-state index contributed by atoms with van der Waals surface area (Å²) in [6.07, 6.45) is 4.92. The molecule has 0 aliphatic heterocycles. The zero-order valence-corrected chi connectivity index (χ0v) is 20.5. The number of benzene rings is 2. The van der Waals surface area contributed by atoms with Crippen molar-refractivity contribution in [1.29, 1.82) is 0 Å². The molecule has 3 heterocycles. The Morgan fingerprint density at radius 1 is 1.00 bits per heavy atom. The molecule has 0 saturated carbocycles. The van der Waals surface area contributed by atoms with Gasteiger partial charge in [0.1, 0.15) is 23.8 Å². The van der Waals surface area contributed by atoms with Gasteiger partial charge in [-0.1, -0.05) is 18.2 Å². The lowest BCUT2D eigenvalue weighted by Crippen LogP contribution is -2.33. The molecule has 0 aliphatic carbocycles. The summed E-state index contributed by atoms with van der Waals surface area (Å²) in [6.45, 7) is -0.121. The molecule has 0 bridgehead atoms. The van der Waals surface area contributed by atoms with E-state index in [1.807, 2.05) is 6.07 Å². The van der Waals surface area contributed by atoms with Crippen LogP contribution >= 0.6 is 0 Å². The standard InChI is InChI=1S/C28H23F2N7O2/c29-20-10-19(11-21(30)12-20)23(35-25(38)15-37-8-6-18-14-34-28(32)36-27(18)37)13-24-22(5-2-7-33-24)16-3-1-4-17(9-16)26(31)39/h1-12,14,23H,13,15H2,(H2,31,39)(H,35,38)(H2,32,34,36). The van der Waals surface area contributed by atoms with Gasteiger partial charge in [-0.15, -0.1) is 0 Å². The minimum atomic E-state index is -0.836. The number of rotatable bonds is 8. The van der Waals surface area contributed by atoms with E-state index < -0.39 is 29.5 Å². The van der Waals surface area contributed by atoms with E-state index in [1.54, 1.807) is 59.6 Å². The maximum atomic E-state index is 14.2. The number of fused-ring (bicyclic) bond motifs is 1. The van der Waals surface area contributed by atoms with Gasteiger partial charge in [0, 0.05) is 47.6 Å². The SMILES string of the molecule is NC(=O)c1cccc(-c2cccnc2CC(NC(=O)Cn2ccc3cnc(N)nc32)c2cc(F)cc(F)c2)c1. The minimum Gasteiger partial charge on any atom is -0.368 e. The molecule has 0 aliphatic rings. The molecule has 1 atom stereocenters.